The Kier molecular flexibility index (Phi) is 6.57. The molecule has 2 N–H and O–H groups in total. The summed E-state index contributed by atoms with van der Waals surface area (Å²) in [6.07, 6.45) is 2.06. The molecule has 0 bridgehead atoms. The maximum Gasteiger partial charge on any atom is 0.407 e. The van der Waals surface area contributed by atoms with E-state index in [1.165, 1.54) is 4.90 Å². The number of anilines is 2. The number of halogens is 1. The van der Waals surface area contributed by atoms with Gasteiger partial charge < -0.3 is 24.8 Å². The summed E-state index contributed by atoms with van der Waals surface area (Å²) in [5, 5.41) is 17.4. The van der Waals surface area contributed by atoms with Gasteiger partial charge >= 0.3 is 6.09 Å². The van der Waals surface area contributed by atoms with Crippen LogP contribution in [0.2, 0.25) is 5.15 Å². The summed E-state index contributed by atoms with van der Waals surface area (Å²) in [6, 6.07) is 9.38. The first kappa shape index (κ1) is 23.8. The molecule has 4 aromatic rings. The minimum atomic E-state index is -0.968. The second-order valence-electron chi connectivity index (χ2n) is 8.42. The van der Waals surface area contributed by atoms with Gasteiger partial charge in [-0.2, -0.15) is 5.10 Å². The van der Waals surface area contributed by atoms with Gasteiger partial charge in [0.15, 0.2) is 5.82 Å². The molecule has 1 fully saturated rings. The normalized spacial score (nSPS) is 15.8. The number of amides is 1. The predicted octanol–water partition coefficient (Wildman–Crippen LogP) is 3.96. The van der Waals surface area contributed by atoms with Crippen LogP contribution in [-0.2, 0) is 4.74 Å². The molecule has 1 amide bonds. The van der Waals surface area contributed by atoms with Crippen LogP contribution in [0.4, 0.5) is 16.4 Å². The summed E-state index contributed by atoms with van der Waals surface area (Å²) in [7, 11) is 0. The molecule has 186 valence electrons. The molecule has 1 saturated heterocycles. The number of carboxylic acid groups (broad SMARTS) is 1. The van der Waals surface area contributed by atoms with Gasteiger partial charge in [-0.1, -0.05) is 11.6 Å². The van der Waals surface area contributed by atoms with Crippen LogP contribution in [0.15, 0.2) is 42.7 Å². The van der Waals surface area contributed by atoms with E-state index in [0.29, 0.717) is 41.5 Å². The van der Waals surface area contributed by atoms with Crippen molar-refractivity contribution < 1.29 is 19.4 Å². The summed E-state index contributed by atoms with van der Waals surface area (Å²) in [5.41, 5.74) is 3.33. The number of morpholine rings is 1. The Bertz CT molecular complexity index is 1410. The molecular weight excluding hydrogens is 486 g/mol. The number of pyridine rings is 2. The first-order valence-electron chi connectivity index (χ1n) is 11.3. The zero-order chi connectivity index (χ0) is 25.2. The van der Waals surface area contributed by atoms with Crippen molar-refractivity contribution >= 4 is 34.8 Å². The summed E-state index contributed by atoms with van der Waals surface area (Å²) < 4.78 is 13.4. The fourth-order valence-electron chi connectivity index (χ4n) is 4.07. The van der Waals surface area contributed by atoms with Gasteiger partial charge in [-0.3, -0.25) is 0 Å². The van der Waals surface area contributed by atoms with Crippen molar-refractivity contribution in [3.63, 3.8) is 0 Å². The third kappa shape index (κ3) is 5.31. The third-order valence-corrected chi connectivity index (χ3v) is 5.87. The van der Waals surface area contributed by atoms with E-state index in [1.807, 2.05) is 44.3 Å². The molecule has 5 heterocycles. The maximum absolute atomic E-state index is 11.3. The lowest BCUT2D eigenvalue weighted by Gasteiger charge is -2.30. The highest BCUT2D eigenvalue weighted by Gasteiger charge is 2.24. The van der Waals surface area contributed by atoms with Gasteiger partial charge in [-0.05, 0) is 37.6 Å². The van der Waals surface area contributed by atoms with Crippen molar-refractivity contribution in [1.29, 1.82) is 0 Å². The smallest absolute Gasteiger partial charge is 0.407 e. The van der Waals surface area contributed by atoms with Gasteiger partial charge in [-0.15, -0.1) is 0 Å². The largest absolute Gasteiger partial charge is 0.489 e. The van der Waals surface area contributed by atoms with Crippen LogP contribution in [0.1, 0.15) is 11.5 Å². The number of hydrogen-bond acceptors (Lipinski definition) is 8. The van der Waals surface area contributed by atoms with Gasteiger partial charge in [0.2, 0.25) is 0 Å². The van der Waals surface area contributed by atoms with Gasteiger partial charge in [0, 0.05) is 36.1 Å². The van der Waals surface area contributed by atoms with Crippen molar-refractivity contribution in [2.75, 3.05) is 31.6 Å². The van der Waals surface area contributed by atoms with Crippen molar-refractivity contribution in [3.05, 3.63) is 59.4 Å². The molecule has 1 atom stereocenters. The molecule has 0 radical (unpaired) electrons. The average molecular weight is 510 g/mol. The molecule has 0 spiro atoms. The number of nitrogens with one attached hydrogen (secondary N) is 1. The summed E-state index contributed by atoms with van der Waals surface area (Å²) in [4.78, 5) is 25.5. The second kappa shape index (κ2) is 9.96. The molecule has 4 aromatic heterocycles. The number of rotatable bonds is 6. The van der Waals surface area contributed by atoms with Crippen molar-refractivity contribution in [1.82, 2.24) is 29.5 Å². The molecule has 0 aliphatic carbocycles. The van der Waals surface area contributed by atoms with Gasteiger partial charge in [0.25, 0.3) is 0 Å². The molecule has 36 heavy (non-hydrogen) atoms. The highest BCUT2D eigenvalue weighted by Crippen LogP contribution is 2.33. The van der Waals surface area contributed by atoms with E-state index in [0.717, 1.165) is 22.3 Å². The van der Waals surface area contributed by atoms with E-state index in [9.17, 15) is 9.90 Å². The molecular formula is C24H24ClN7O4. The Balaban J connectivity index is 1.37. The first-order valence-corrected chi connectivity index (χ1v) is 11.7. The lowest BCUT2D eigenvalue weighted by atomic mass is 10.1. The minimum Gasteiger partial charge on any atom is -0.489 e. The van der Waals surface area contributed by atoms with E-state index < -0.39 is 6.09 Å². The van der Waals surface area contributed by atoms with E-state index in [1.54, 1.807) is 16.8 Å². The van der Waals surface area contributed by atoms with Crippen LogP contribution in [0.25, 0.3) is 16.6 Å². The number of aryl methyl sites for hydroxylation is 2. The van der Waals surface area contributed by atoms with Crippen molar-refractivity contribution in [2.24, 2.45) is 0 Å². The number of nitrogens with zero attached hydrogens (tertiary/aromatic N) is 6. The van der Waals surface area contributed by atoms with Crippen molar-refractivity contribution in [3.8, 4) is 16.9 Å². The van der Waals surface area contributed by atoms with Crippen molar-refractivity contribution in [2.45, 2.75) is 20.0 Å². The first-order chi connectivity index (χ1) is 17.3. The Labute approximate surface area is 211 Å². The topological polar surface area (TPSA) is 127 Å². The monoisotopic (exact) mass is 509 g/mol. The number of hydrogen-bond donors (Lipinski definition) is 2. The van der Waals surface area contributed by atoms with E-state index in [-0.39, 0.29) is 19.3 Å². The van der Waals surface area contributed by atoms with Gasteiger partial charge in [-0.25, -0.2) is 24.3 Å². The lowest BCUT2D eigenvalue weighted by molar-refractivity contribution is -0.0411. The molecule has 1 aliphatic rings. The molecule has 1 aliphatic heterocycles. The highest BCUT2D eigenvalue weighted by molar-refractivity contribution is 6.29. The molecule has 0 unspecified atom stereocenters. The summed E-state index contributed by atoms with van der Waals surface area (Å²) in [6.45, 7) is 4.86. The lowest BCUT2D eigenvalue weighted by Crippen LogP contribution is -2.47. The summed E-state index contributed by atoms with van der Waals surface area (Å²) in [5.74, 6) is 2.52. The average Bonchev–Trinajstić information content (AvgIpc) is 3.24. The Hall–Kier alpha value is -3.96. The van der Waals surface area contributed by atoms with Crippen LogP contribution in [0, 0.1) is 13.8 Å². The van der Waals surface area contributed by atoms with Crippen LogP contribution in [0.3, 0.4) is 0 Å². The van der Waals surface area contributed by atoms with E-state index >= 15 is 0 Å². The van der Waals surface area contributed by atoms with Gasteiger partial charge in [0.1, 0.15) is 35.3 Å². The molecule has 0 saturated carbocycles. The molecule has 11 nitrogen and oxygen atoms in total. The SMILES string of the molecule is Cc1cc(Nc2cc3cc(-c4cc(Cl)ncc4OC[C@@H]4CN(C(=O)O)CCO4)ccn3n2)nc(C)n1. The fraction of sp³-hybridized carbons (Fsp3) is 0.292. The number of fused-ring (bicyclic) bond motifs is 1. The minimum absolute atomic E-state index is 0.181. The molecule has 12 heteroatoms. The number of aromatic nitrogens is 5. The third-order valence-electron chi connectivity index (χ3n) is 5.66. The number of carbonyl (C=O) groups is 1. The zero-order valence-electron chi connectivity index (χ0n) is 19.7. The maximum atomic E-state index is 11.3. The highest BCUT2D eigenvalue weighted by atomic mass is 35.5. The Morgan fingerprint density at radius 1 is 1.25 bits per heavy atom. The van der Waals surface area contributed by atoms with Crippen LogP contribution in [-0.4, -0.2) is 73.1 Å². The molecule has 0 aromatic carbocycles. The Morgan fingerprint density at radius 3 is 2.92 bits per heavy atom. The standard InChI is InChI=1S/C24H24ClN7O4/c1-14-7-22(28-15(2)27-14)29-23-9-17-8-16(3-4-32(17)30-23)19-10-21(25)26-11-20(19)36-13-18-12-31(24(33)34)5-6-35-18/h3-4,7-11,18H,5-6,12-13H2,1-2H3,(H,33,34)(H,27,28,29,30)/t18-/m0/s1. The Morgan fingerprint density at radius 2 is 2.11 bits per heavy atom. The molecule has 5 rings (SSSR count). The zero-order valence-corrected chi connectivity index (χ0v) is 20.4. The van der Waals surface area contributed by atoms with Crippen LogP contribution in [0.5, 0.6) is 5.75 Å². The van der Waals surface area contributed by atoms with E-state index in [4.69, 9.17) is 21.1 Å². The fourth-order valence-corrected chi connectivity index (χ4v) is 4.23. The second-order valence-corrected chi connectivity index (χ2v) is 8.80. The van der Waals surface area contributed by atoms with Crippen LogP contribution < -0.4 is 10.1 Å². The number of ether oxygens (including phenoxy) is 2. The van der Waals surface area contributed by atoms with Crippen LogP contribution >= 0.6 is 11.6 Å². The quantitative estimate of drug-likeness (QED) is 0.371. The predicted molar refractivity (Wildman–Crippen MR) is 133 cm³/mol. The van der Waals surface area contributed by atoms with Gasteiger partial charge in [0.05, 0.1) is 24.9 Å². The van der Waals surface area contributed by atoms with E-state index in [2.05, 4.69) is 25.4 Å². The summed E-state index contributed by atoms with van der Waals surface area (Å²) >= 11 is 6.20.